The fourth-order valence-electron chi connectivity index (χ4n) is 1.66. The maximum absolute atomic E-state index is 11.9. The van der Waals surface area contributed by atoms with Crippen molar-refractivity contribution in [3.05, 3.63) is 29.8 Å². The largest absolute Gasteiger partial charge is 0.480 e. The van der Waals surface area contributed by atoms with Gasteiger partial charge in [0.25, 0.3) is 0 Å². The number of carboxylic acids is 1. The van der Waals surface area contributed by atoms with E-state index >= 15 is 0 Å². The van der Waals surface area contributed by atoms with E-state index in [1.165, 1.54) is 0 Å². The summed E-state index contributed by atoms with van der Waals surface area (Å²) in [5, 5.41) is 8.70. The first-order valence-electron chi connectivity index (χ1n) is 5.80. The number of carbonyl (C=O) groups is 2. The number of hydrogen-bond acceptors (Lipinski definition) is 3. The van der Waals surface area contributed by atoms with E-state index in [1.807, 2.05) is 12.1 Å². The maximum atomic E-state index is 11.9. The molecule has 100 valence electrons. The van der Waals surface area contributed by atoms with Gasteiger partial charge in [-0.25, -0.2) is 0 Å². The molecule has 0 aliphatic rings. The summed E-state index contributed by atoms with van der Waals surface area (Å²) < 4.78 is 0. The van der Waals surface area contributed by atoms with Crippen LogP contribution in [0.15, 0.2) is 24.3 Å². The van der Waals surface area contributed by atoms with Crippen LogP contribution in [0.2, 0.25) is 0 Å². The molecule has 0 aliphatic heterocycles. The lowest BCUT2D eigenvalue weighted by Gasteiger charge is -2.17. The Kier molecular flexibility index (Phi) is 5.42. The smallest absolute Gasteiger partial charge is 0.323 e. The third kappa shape index (κ3) is 5.13. The van der Waals surface area contributed by atoms with E-state index in [4.69, 9.17) is 17.3 Å². The van der Waals surface area contributed by atoms with Crippen LogP contribution in [0.3, 0.4) is 0 Å². The number of amides is 1. The van der Waals surface area contributed by atoms with Gasteiger partial charge in [0.05, 0.1) is 6.54 Å². The molecule has 19 heavy (non-hydrogen) atoms. The number of nitrogens with zero attached hydrogens (tertiary/aromatic N) is 1. The summed E-state index contributed by atoms with van der Waals surface area (Å²) >= 11 is 0. The van der Waals surface area contributed by atoms with Crippen LogP contribution >= 0.6 is 0 Å². The molecule has 0 heterocycles. The van der Waals surface area contributed by atoms with Crippen molar-refractivity contribution in [3.63, 3.8) is 0 Å². The van der Waals surface area contributed by atoms with Crippen LogP contribution < -0.4 is 5.73 Å². The summed E-state index contributed by atoms with van der Waals surface area (Å²) in [6.45, 7) is -0.373. The van der Waals surface area contributed by atoms with Gasteiger partial charge in [-0.3, -0.25) is 9.59 Å². The van der Waals surface area contributed by atoms with Crippen molar-refractivity contribution in [2.75, 3.05) is 18.8 Å². The molecule has 0 bridgehead atoms. The molecule has 1 amide bonds. The monoisotopic (exact) mass is 260 g/mol. The maximum Gasteiger partial charge on any atom is 0.323 e. The summed E-state index contributed by atoms with van der Waals surface area (Å²) in [4.78, 5) is 23.6. The Morgan fingerprint density at radius 3 is 2.74 bits per heavy atom. The zero-order chi connectivity index (χ0) is 14.3. The molecular formula is C14H16N2O3. The van der Waals surface area contributed by atoms with Crippen molar-refractivity contribution in [1.82, 2.24) is 4.90 Å². The van der Waals surface area contributed by atoms with Crippen molar-refractivity contribution in [3.8, 4) is 12.3 Å². The van der Waals surface area contributed by atoms with E-state index < -0.39 is 5.97 Å². The predicted molar refractivity (Wildman–Crippen MR) is 72.2 cm³/mol. The summed E-state index contributed by atoms with van der Waals surface area (Å²) in [5.41, 5.74) is 7.21. The molecule has 0 radical (unpaired) electrons. The Labute approximate surface area is 112 Å². The highest BCUT2D eigenvalue weighted by molar-refractivity contribution is 5.81. The fourth-order valence-corrected chi connectivity index (χ4v) is 1.66. The Balaban J connectivity index is 2.57. The zero-order valence-electron chi connectivity index (χ0n) is 10.5. The van der Waals surface area contributed by atoms with Crippen LogP contribution in [-0.4, -0.2) is 35.0 Å². The van der Waals surface area contributed by atoms with Gasteiger partial charge in [-0.1, -0.05) is 18.1 Å². The van der Waals surface area contributed by atoms with Gasteiger partial charge in [0, 0.05) is 12.1 Å². The Hall–Kier alpha value is -2.48. The quantitative estimate of drug-likeness (QED) is 0.584. The molecule has 1 rings (SSSR count). The molecule has 0 spiro atoms. The van der Waals surface area contributed by atoms with Crippen molar-refractivity contribution < 1.29 is 14.7 Å². The van der Waals surface area contributed by atoms with E-state index in [1.54, 1.807) is 12.1 Å². The second-order valence-electron chi connectivity index (χ2n) is 4.09. The van der Waals surface area contributed by atoms with Crippen LogP contribution in [0, 0.1) is 12.3 Å². The van der Waals surface area contributed by atoms with Gasteiger partial charge < -0.3 is 15.7 Å². The fraction of sp³-hybridized carbons (Fsp3) is 0.286. The minimum Gasteiger partial charge on any atom is -0.480 e. The molecule has 5 heteroatoms. The number of nitrogen functional groups attached to an aromatic ring is 1. The Morgan fingerprint density at radius 1 is 1.42 bits per heavy atom. The van der Waals surface area contributed by atoms with Crippen LogP contribution in [0.1, 0.15) is 12.0 Å². The topological polar surface area (TPSA) is 83.6 Å². The number of rotatable bonds is 6. The normalized spacial score (nSPS) is 9.63. The first kappa shape index (κ1) is 14.6. The molecule has 5 nitrogen and oxygen atoms in total. The molecule has 3 N–H and O–H groups in total. The van der Waals surface area contributed by atoms with Crippen LogP contribution in [-0.2, 0) is 16.0 Å². The number of benzene rings is 1. The highest BCUT2D eigenvalue weighted by atomic mass is 16.4. The van der Waals surface area contributed by atoms with Crippen molar-refractivity contribution in [2.24, 2.45) is 0 Å². The standard InChI is InChI=1S/C14H16N2O3/c1-2-8-16(10-14(18)19)13(17)7-6-11-4-3-5-12(15)9-11/h1,3-5,9H,6-8,10,15H2,(H,18,19). The van der Waals surface area contributed by atoms with Gasteiger partial charge in [0.1, 0.15) is 6.54 Å². The highest BCUT2D eigenvalue weighted by Crippen LogP contribution is 2.09. The van der Waals surface area contributed by atoms with Crippen LogP contribution in [0.25, 0.3) is 0 Å². The average molecular weight is 260 g/mol. The van der Waals surface area contributed by atoms with E-state index in [0.29, 0.717) is 12.1 Å². The van der Waals surface area contributed by atoms with Crippen LogP contribution in [0.4, 0.5) is 5.69 Å². The van der Waals surface area contributed by atoms with Crippen molar-refractivity contribution in [2.45, 2.75) is 12.8 Å². The summed E-state index contributed by atoms with van der Waals surface area (Å²) in [7, 11) is 0. The minimum absolute atomic E-state index is 0.00205. The molecule has 1 aromatic carbocycles. The van der Waals surface area contributed by atoms with E-state index in [0.717, 1.165) is 10.5 Å². The molecule has 0 aromatic heterocycles. The number of carboxylic acid groups (broad SMARTS) is 1. The SMILES string of the molecule is C#CCN(CC(=O)O)C(=O)CCc1cccc(N)c1. The van der Waals surface area contributed by atoms with Gasteiger partial charge in [0.15, 0.2) is 0 Å². The summed E-state index contributed by atoms with van der Waals surface area (Å²) in [6.07, 6.45) is 5.83. The van der Waals surface area contributed by atoms with Crippen molar-refractivity contribution >= 4 is 17.6 Å². The van der Waals surface area contributed by atoms with Crippen molar-refractivity contribution in [1.29, 1.82) is 0 Å². The van der Waals surface area contributed by atoms with Gasteiger partial charge in [-0.2, -0.15) is 0 Å². The highest BCUT2D eigenvalue weighted by Gasteiger charge is 2.15. The molecule has 0 saturated carbocycles. The molecule has 0 atom stereocenters. The minimum atomic E-state index is -1.08. The molecule has 0 unspecified atom stereocenters. The van der Waals surface area contributed by atoms with E-state index in [-0.39, 0.29) is 25.4 Å². The number of anilines is 1. The van der Waals surface area contributed by atoms with Gasteiger partial charge in [-0.05, 0) is 24.1 Å². The van der Waals surface area contributed by atoms with Gasteiger partial charge >= 0.3 is 5.97 Å². The lowest BCUT2D eigenvalue weighted by molar-refractivity contribution is -0.144. The first-order chi connectivity index (χ1) is 9.02. The lowest BCUT2D eigenvalue weighted by atomic mass is 10.1. The lowest BCUT2D eigenvalue weighted by Crippen LogP contribution is -2.36. The Bertz CT molecular complexity index is 506. The van der Waals surface area contributed by atoms with Gasteiger partial charge in [0.2, 0.25) is 5.91 Å². The van der Waals surface area contributed by atoms with E-state index in [9.17, 15) is 9.59 Å². The predicted octanol–water partition coefficient (Wildman–Crippen LogP) is 0.748. The second kappa shape index (κ2) is 7.07. The first-order valence-corrected chi connectivity index (χ1v) is 5.80. The third-order valence-corrected chi connectivity index (χ3v) is 2.54. The molecular weight excluding hydrogens is 244 g/mol. The number of terminal acetylenes is 1. The average Bonchev–Trinajstić information content (AvgIpc) is 2.35. The number of nitrogens with two attached hydrogens (primary N) is 1. The van der Waals surface area contributed by atoms with Crippen LogP contribution in [0.5, 0.6) is 0 Å². The number of carbonyl (C=O) groups excluding carboxylic acids is 1. The molecule has 1 aromatic rings. The van der Waals surface area contributed by atoms with E-state index in [2.05, 4.69) is 5.92 Å². The number of aliphatic carboxylic acids is 1. The molecule has 0 saturated heterocycles. The number of aryl methyl sites for hydroxylation is 1. The Morgan fingerprint density at radius 2 is 2.16 bits per heavy atom. The third-order valence-electron chi connectivity index (χ3n) is 2.54. The zero-order valence-corrected chi connectivity index (χ0v) is 10.5. The molecule has 0 fully saturated rings. The summed E-state index contributed by atoms with van der Waals surface area (Å²) in [6, 6.07) is 7.23. The number of hydrogen-bond donors (Lipinski definition) is 2. The van der Waals surface area contributed by atoms with Gasteiger partial charge in [-0.15, -0.1) is 6.42 Å². The second-order valence-corrected chi connectivity index (χ2v) is 4.09. The molecule has 0 aliphatic carbocycles. The summed E-state index contributed by atoms with van der Waals surface area (Å²) in [5.74, 6) is 0.932.